The van der Waals surface area contributed by atoms with Crippen LogP contribution in [0.4, 0.5) is 0 Å². The number of pyridine rings is 1. The molecule has 1 N–H and O–H groups in total. The lowest BCUT2D eigenvalue weighted by atomic mass is 9.71. The van der Waals surface area contributed by atoms with E-state index in [2.05, 4.69) is 14.9 Å². The van der Waals surface area contributed by atoms with Crippen molar-refractivity contribution in [2.45, 2.75) is 31.9 Å². The van der Waals surface area contributed by atoms with Gasteiger partial charge in [-0.3, -0.25) is 9.69 Å². The predicted molar refractivity (Wildman–Crippen MR) is 106 cm³/mol. The molecule has 0 unspecified atom stereocenters. The van der Waals surface area contributed by atoms with E-state index in [0.29, 0.717) is 24.5 Å². The highest BCUT2D eigenvalue weighted by atomic mass is 32.1. The molecule has 2 aliphatic rings. The third-order valence-electron chi connectivity index (χ3n) is 5.90. The molecule has 2 aromatic rings. The number of piperidine rings is 2. The van der Waals surface area contributed by atoms with E-state index in [0.717, 1.165) is 43.9 Å². The smallest absolute Gasteiger partial charge is 0.259 e. The minimum absolute atomic E-state index is 0.0757. The molecule has 4 rings (SSSR count). The van der Waals surface area contributed by atoms with Gasteiger partial charge in [0.05, 0.1) is 19.8 Å². The molecule has 1 spiro atoms. The first-order valence-electron chi connectivity index (χ1n) is 9.68. The van der Waals surface area contributed by atoms with Gasteiger partial charge in [-0.1, -0.05) is 0 Å². The van der Waals surface area contributed by atoms with Gasteiger partial charge in [0.2, 0.25) is 5.88 Å². The lowest BCUT2D eigenvalue weighted by Gasteiger charge is -2.51. The van der Waals surface area contributed by atoms with Crippen molar-refractivity contribution in [3.05, 3.63) is 40.5 Å². The summed E-state index contributed by atoms with van der Waals surface area (Å²) in [6, 6.07) is 3.50. The number of amides is 1. The number of aliphatic hydroxyl groups is 1. The maximum atomic E-state index is 13.2. The molecule has 0 radical (unpaired) electrons. The highest BCUT2D eigenvalue weighted by Crippen LogP contribution is 2.40. The molecule has 0 bridgehead atoms. The van der Waals surface area contributed by atoms with Crippen molar-refractivity contribution >= 4 is 17.2 Å². The predicted octanol–water partition coefficient (Wildman–Crippen LogP) is 2.04. The average molecular weight is 403 g/mol. The normalized spacial score (nSPS) is 25.8. The SMILES string of the molecule is COc1ncccc1C(=O)N1CCC[C@@]2(CN(Cc3nccs3)CC[C@H]2O)C1. The summed E-state index contributed by atoms with van der Waals surface area (Å²) in [7, 11) is 1.53. The fourth-order valence-electron chi connectivity index (χ4n) is 4.52. The second-order valence-corrected chi connectivity index (χ2v) is 8.67. The summed E-state index contributed by atoms with van der Waals surface area (Å²) in [5, 5.41) is 14.0. The maximum Gasteiger partial charge on any atom is 0.259 e. The van der Waals surface area contributed by atoms with Crippen molar-refractivity contribution in [1.29, 1.82) is 0 Å². The number of aromatic nitrogens is 2. The Labute approximate surface area is 169 Å². The topological polar surface area (TPSA) is 78.8 Å². The molecule has 1 amide bonds. The Morgan fingerprint density at radius 3 is 3.04 bits per heavy atom. The molecule has 2 aliphatic heterocycles. The molecule has 2 saturated heterocycles. The molecular weight excluding hydrogens is 376 g/mol. The van der Waals surface area contributed by atoms with E-state index in [4.69, 9.17) is 4.74 Å². The minimum Gasteiger partial charge on any atom is -0.480 e. The molecule has 2 aromatic heterocycles. The van der Waals surface area contributed by atoms with Crippen LogP contribution >= 0.6 is 11.3 Å². The Kier molecular flexibility index (Phi) is 5.61. The number of carbonyl (C=O) groups is 1. The first kappa shape index (κ1) is 19.3. The minimum atomic E-state index is -0.397. The quantitative estimate of drug-likeness (QED) is 0.843. The third-order valence-corrected chi connectivity index (χ3v) is 6.66. The van der Waals surface area contributed by atoms with Crippen molar-refractivity contribution in [1.82, 2.24) is 19.8 Å². The van der Waals surface area contributed by atoms with E-state index >= 15 is 0 Å². The Morgan fingerprint density at radius 2 is 2.25 bits per heavy atom. The Morgan fingerprint density at radius 1 is 1.36 bits per heavy atom. The van der Waals surface area contributed by atoms with Crippen LogP contribution < -0.4 is 4.74 Å². The fourth-order valence-corrected chi connectivity index (χ4v) is 5.18. The van der Waals surface area contributed by atoms with Gasteiger partial charge in [-0.05, 0) is 31.4 Å². The highest BCUT2D eigenvalue weighted by molar-refractivity contribution is 7.09. The lowest BCUT2D eigenvalue weighted by Crippen LogP contribution is -2.59. The first-order valence-corrected chi connectivity index (χ1v) is 10.6. The molecule has 150 valence electrons. The van der Waals surface area contributed by atoms with Gasteiger partial charge in [-0.15, -0.1) is 11.3 Å². The van der Waals surface area contributed by atoms with Crippen molar-refractivity contribution in [2.75, 3.05) is 33.3 Å². The van der Waals surface area contributed by atoms with Gasteiger partial charge in [0.1, 0.15) is 10.6 Å². The standard InChI is InChI=1S/C20H26N4O3S/c1-27-18-15(4-2-7-22-18)19(26)24-9-3-6-20(14-24)13-23(10-5-16(20)25)12-17-21-8-11-28-17/h2,4,7-8,11,16,25H,3,5-6,9-10,12-14H2,1H3/t16-,20-/m1/s1. The summed E-state index contributed by atoms with van der Waals surface area (Å²) >= 11 is 1.66. The van der Waals surface area contributed by atoms with Gasteiger partial charge in [0.15, 0.2) is 0 Å². The summed E-state index contributed by atoms with van der Waals surface area (Å²) in [6.45, 7) is 3.68. The number of likely N-dealkylation sites (tertiary alicyclic amines) is 2. The van der Waals surface area contributed by atoms with Crippen LogP contribution in [-0.4, -0.2) is 70.2 Å². The number of methoxy groups -OCH3 is 1. The lowest BCUT2D eigenvalue weighted by molar-refractivity contribution is -0.0806. The van der Waals surface area contributed by atoms with E-state index in [9.17, 15) is 9.90 Å². The molecule has 7 nitrogen and oxygen atoms in total. The summed E-state index contributed by atoms with van der Waals surface area (Å²) in [5.41, 5.74) is 0.186. The molecule has 0 saturated carbocycles. The molecule has 0 aliphatic carbocycles. The number of aliphatic hydroxyl groups excluding tert-OH is 1. The second-order valence-electron chi connectivity index (χ2n) is 7.69. The maximum absolute atomic E-state index is 13.2. The number of hydrogen-bond acceptors (Lipinski definition) is 7. The zero-order valence-corrected chi connectivity index (χ0v) is 16.9. The van der Waals surface area contributed by atoms with Crippen LogP contribution in [-0.2, 0) is 6.54 Å². The molecule has 8 heteroatoms. The number of carbonyl (C=O) groups excluding carboxylic acids is 1. The van der Waals surface area contributed by atoms with Crippen molar-refractivity contribution < 1.29 is 14.6 Å². The zero-order chi connectivity index (χ0) is 19.6. The van der Waals surface area contributed by atoms with Gasteiger partial charge in [0, 0.05) is 49.4 Å². The number of rotatable bonds is 4. The van der Waals surface area contributed by atoms with Crippen LogP contribution in [0.1, 0.15) is 34.6 Å². The third kappa shape index (κ3) is 3.76. The van der Waals surface area contributed by atoms with Gasteiger partial charge < -0.3 is 14.7 Å². The van der Waals surface area contributed by atoms with E-state index in [-0.39, 0.29) is 11.3 Å². The summed E-state index contributed by atoms with van der Waals surface area (Å²) < 4.78 is 5.27. The fraction of sp³-hybridized carbons (Fsp3) is 0.550. The van der Waals surface area contributed by atoms with Gasteiger partial charge in [0.25, 0.3) is 5.91 Å². The van der Waals surface area contributed by atoms with Crippen LogP contribution in [0, 0.1) is 5.41 Å². The molecule has 0 aromatic carbocycles. The number of hydrogen-bond donors (Lipinski definition) is 1. The van der Waals surface area contributed by atoms with Crippen LogP contribution in [0.25, 0.3) is 0 Å². The number of thiazole rings is 1. The largest absolute Gasteiger partial charge is 0.480 e. The highest BCUT2D eigenvalue weighted by Gasteiger charge is 2.46. The molecule has 2 atom stereocenters. The average Bonchev–Trinajstić information content (AvgIpc) is 3.23. The second kappa shape index (κ2) is 8.14. The van der Waals surface area contributed by atoms with Gasteiger partial charge in [-0.2, -0.15) is 0 Å². The van der Waals surface area contributed by atoms with Gasteiger partial charge in [-0.25, -0.2) is 9.97 Å². The summed E-state index contributed by atoms with van der Waals surface area (Å²) in [5.74, 6) is 0.273. The van der Waals surface area contributed by atoms with Crippen LogP contribution in [0.3, 0.4) is 0 Å². The van der Waals surface area contributed by atoms with E-state index in [1.54, 1.807) is 29.7 Å². The molecular formula is C20H26N4O3S. The van der Waals surface area contributed by atoms with Crippen molar-refractivity contribution in [3.8, 4) is 5.88 Å². The van der Waals surface area contributed by atoms with E-state index in [1.165, 1.54) is 7.11 Å². The van der Waals surface area contributed by atoms with Crippen LogP contribution in [0.2, 0.25) is 0 Å². The summed E-state index contributed by atoms with van der Waals surface area (Å²) in [6.07, 6.45) is 5.59. The van der Waals surface area contributed by atoms with Crippen molar-refractivity contribution in [2.24, 2.45) is 5.41 Å². The monoisotopic (exact) mass is 402 g/mol. The molecule has 2 fully saturated rings. The molecule has 4 heterocycles. The number of nitrogens with zero attached hydrogens (tertiary/aromatic N) is 4. The van der Waals surface area contributed by atoms with Gasteiger partial charge >= 0.3 is 0 Å². The number of ether oxygens (including phenoxy) is 1. The Bertz CT molecular complexity index is 816. The van der Waals surface area contributed by atoms with Crippen LogP contribution in [0.15, 0.2) is 29.9 Å². The first-order chi connectivity index (χ1) is 13.6. The van der Waals surface area contributed by atoms with E-state index < -0.39 is 6.10 Å². The Hall–Kier alpha value is -2.03. The summed E-state index contributed by atoms with van der Waals surface area (Å²) in [4.78, 5) is 25.9. The molecule has 28 heavy (non-hydrogen) atoms. The van der Waals surface area contributed by atoms with Crippen LogP contribution in [0.5, 0.6) is 5.88 Å². The Balaban J connectivity index is 1.51. The van der Waals surface area contributed by atoms with E-state index in [1.807, 2.05) is 16.5 Å². The zero-order valence-electron chi connectivity index (χ0n) is 16.1. The van der Waals surface area contributed by atoms with Crippen molar-refractivity contribution in [3.63, 3.8) is 0 Å².